The van der Waals surface area contributed by atoms with Gasteiger partial charge in [0.1, 0.15) is 5.54 Å². The van der Waals surface area contributed by atoms with E-state index in [1.54, 1.807) is 0 Å². The van der Waals surface area contributed by atoms with Gasteiger partial charge >= 0.3 is 5.97 Å². The summed E-state index contributed by atoms with van der Waals surface area (Å²) in [6.45, 7) is 7.75. The molecule has 0 aromatic heterocycles. The minimum Gasteiger partial charge on any atom is -0.480 e. The van der Waals surface area contributed by atoms with Gasteiger partial charge in [-0.15, -0.1) is 0 Å². The normalized spacial score (nSPS) is 29.8. The van der Waals surface area contributed by atoms with E-state index in [2.05, 4.69) is 43.1 Å². The number of nitrogens with zero attached hydrogens (tertiary/aromatic N) is 2. The molecule has 2 fully saturated rings. The first-order valence-corrected chi connectivity index (χ1v) is 8.28. The minimum absolute atomic E-state index is 0.301. The Morgan fingerprint density at radius 3 is 2.48 bits per heavy atom. The van der Waals surface area contributed by atoms with Crippen molar-refractivity contribution < 1.29 is 9.90 Å². The van der Waals surface area contributed by atoms with Crippen molar-refractivity contribution in [2.45, 2.75) is 44.7 Å². The maximum Gasteiger partial charge on any atom is 0.325 e. The average molecular weight is 297 g/mol. The van der Waals surface area contributed by atoms with Gasteiger partial charge in [-0.2, -0.15) is 0 Å². The summed E-state index contributed by atoms with van der Waals surface area (Å²) in [5.74, 6) is 0.228. The van der Waals surface area contributed by atoms with Crippen molar-refractivity contribution in [3.05, 3.63) is 0 Å². The van der Waals surface area contributed by atoms with Gasteiger partial charge in [-0.25, -0.2) is 0 Å². The van der Waals surface area contributed by atoms with Gasteiger partial charge in [0.2, 0.25) is 0 Å². The maximum absolute atomic E-state index is 12.0. The standard InChI is InChI=1S/C16H31N3O2/c1-5-8-17-16(15(20)21,13-6-7-13)11-19-9-12(2)14(10-19)18(3)4/h12-14,17H,5-11H2,1-4H3,(H,20,21). The third-order valence-electron chi connectivity index (χ3n) is 5.13. The zero-order valence-electron chi connectivity index (χ0n) is 13.9. The quantitative estimate of drug-likeness (QED) is 0.703. The lowest BCUT2D eigenvalue weighted by Crippen LogP contribution is -2.60. The summed E-state index contributed by atoms with van der Waals surface area (Å²) in [6.07, 6.45) is 3.06. The van der Waals surface area contributed by atoms with Crippen LogP contribution >= 0.6 is 0 Å². The van der Waals surface area contributed by atoms with Crippen molar-refractivity contribution in [3.63, 3.8) is 0 Å². The van der Waals surface area contributed by atoms with Crippen LogP contribution < -0.4 is 5.32 Å². The van der Waals surface area contributed by atoms with Crippen molar-refractivity contribution in [2.75, 3.05) is 40.3 Å². The van der Waals surface area contributed by atoms with Crippen LogP contribution in [0, 0.1) is 11.8 Å². The molecule has 1 aliphatic heterocycles. The molecule has 1 saturated heterocycles. The number of likely N-dealkylation sites (tertiary alicyclic amines) is 1. The van der Waals surface area contributed by atoms with E-state index in [0.29, 0.717) is 24.4 Å². The number of carboxylic acids is 1. The van der Waals surface area contributed by atoms with Crippen LogP contribution in [-0.2, 0) is 4.79 Å². The molecule has 0 aromatic rings. The molecule has 0 bridgehead atoms. The third kappa shape index (κ3) is 3.58. The molecule has 3 unspecified atom stereocenters. The molecule has 1 heterocycles. The highest BCUT2D eigenvalue weighted by atomic mass is 16.4. The highest BCUT2D eigenvalue weighted by molar-refractivity contribution is 5.80. The van der Waals surface area contributed by atoms with Crippen molar-refractivity contribution in [2.24, 2.45) is 11.8 Å². The van der Waals surface area contributed by atoms with Crippen LogP contribution in [0.4, 0.5) is 0 Å². The summed E-state index contributed by atoms with van der Waals surface area (Å²) in [4.78, 5) is 16.6. The SMILES string of the molecule is CCCNC(CN1CC(C)C(N(C)C)C1)(C(=O)O)C1CC1. The van der Waals surface area contributed by atoms with E-state index in [-0.39, 0.29) is 0 Å². The van der Waals surface area contributed by atoms with Gasteiger partial charge in [0.05, 0.1) is 0 Å². The second kappa shape index (κ2) is 6.63. The van der Waals surface area contributed by atoms with Gasteiger partial charge < -0.3 is 15.3 Å². The fourth-order valence-corrected chi connectivity index (χ4v) is 3.77. The average Bonchev–Trinajstić information content (AvgIpc) is 3.19. The molecule has 1 aliphatic carbocycles. The molecule has 0 aromatic carbocycles. The molecule has 2 rings (SSSR count). The van der Waals surface area contributed by atoms with Crippen molar-refractivity contribution in [3.8, 4) is 0 Å². The van der Waals surface area contributed by atoms with E-state index in [0.717, 1.165) is 38.9 Å². The summed E-state index contributed by atoms with van der Waals surface area (Å²) in [5.41, 5.74) is -0.739. The number of hydrogen-bond acceptors (Lipinski definition) is 4. The number of nitrogens with one attached hydrogen (secondary N) is 1. The Hall–Kier alpha value is -0.650. The van der Waals surface area contributed by atoms with Crippen LogP contribution in [0.15, 0.2) is 0 Å². The summed E-state index contributed by atoms with van der Waals surface area (Å²) >= 11 is 0. The second-order valence-electron chi connectivity index (χ2n) is 7.18. The van der Waals surface area contributed by atoms with E-state index in [4.69, 9.17) is 0 Å². The smallest absolute Gasteiger partial charge is 0.325 e. The van der Waals surface area contributed by atoms with Gasteiger partial charge in [0.25, 0.3) is 0 Å². The summed E-state index contributed by atoms with van der Waals surface area (Å²) in [5, 5.41) is 13.2. The van der Waals surface area contributed by atoms with Crippen molar-refractivity contribution in [1.29, 1.82) is 0 Å². The molecule has 1 saturated carbocycles. The summed E-state index contributed by atoms with van der Waals surface area (Å²) < 4.78 is 0. The Morgan fingerprint density at radius 2 is 2.05 bits per heavy atom. The topological polar surface area (TPSA) is 55.8 Å². The molecule has 2 N–H and O–H groups in total. The molecule has 122 valence electrons. The predicted molar refractivity (Wildman–Crippen MR) is 84.5 cm³/mol. The number of hydrogen-bond donors (Lipinski definition) is 2. The van der Waals surface area contributed by atoms with Crippen LogP contribution in [0.2, 0.25) is 0 Å². The predicted octanol–water partition coefficient (Wildman–Crippen LogP) is 1.10. The van der Waals surface area contributed by atoms with Gasteiger partial charge in [0, 0.05) is 25.7 Å². The molecule has 5 nitrogen and oxygen atoms in total. The van der Waals surface area contributed by atoms with Crippen LogP contribution in [0.3, 0.4) is 0 Å². The van der Waals surface area contributed by atoms with Crippen LogP contribution in [-0.4, -0.2) is 72.7 Å². The Labute approximate surface area is 128 Å². The molecular formula is C16H31N3O2. The Balaban J connectivity index is 2.07. The second-order valence-corrected chi connectivity index (χ2v) is 7.18. The highest BCUT2D eigenvalue weighted by Gasteiger charge is 2.52. The fourth-order valence-electron chi connectivity index (χ4n) is 3.77. The van der Waals surface area contributed by atoms with Gasteiger partial charge in [-0.1, -0.05) is 13.8 Å². The zero-order valence-corrected chi connectivity index (χ0v) is 13.9. The van der Waals surface area contributed by atoms with Gasteiger partial charge in [-0.05, 0) is 51.7 Å². The van der Waals surface area contributed by atoms with Crippen LogP contribution in [0.1, 0.15) is 33.1 Å². The lowest BCUT2D eigenvalue weighted by molar-refractivity contribution is -0.147. The van der Waals surface area contributed by atoms with E-state index in [1.807, 2.05) is 0 Å². The highest BCUT2D eigenvalue weighted by Crippen LogP contribution is 2.41. The Bertz CT molecular complexity index is 371. The molecule has 21 heavy (non-hydrogen) atoms. The number of carboxylic acid groups (broad SMARTS) is 1. The largest absolute Gasteiger partial charge is 0.480 e. The number of rotatable bonds is 8. The maximum atomic E-state index is 12.0. The molecule has 5 heteroatoms. The monoisotopic (exact) mass is 297 g/mol. The van der Waals surface area contributed by atoms with E-state index < -0.39 is 11.5 Å². The van der Waals surface area contributed by atoms with E-state index in [1.165, 1.54) is 0 Å². The van der Waals surface area contributed by atoms with Crippen LogP contribution in [0.25, 0.3) is 0 Å². The van der Waals surface area contributed by atoms with Crippen molar-refractivity contribution in [1.82, 2.24) is 15.1 Å². The molecule has 0 amide bonds. The first kappa shape index (κ1) is 16.7. The molecular weight excluding hydrogens is 266 g/mol. The van der Waals surface area contributed by atoms with Crippen molar-refractivity contribution >= 4 is 5.97 Å². The number of likely N-dealkylation sites (N-methyl/N-ethyl adjacent to an activating group) is 1. The number of aliphatic carboxylic acids is 1. The molecule has 2 aliphatic rings. The Morgan fingerprint density at radius 1 is 1.38 bits per heavy atom. The molecule has 0 radical (unpaired) electrons. The summed E-state index contributed by atoms with van der Waals surface area (Å²) in [6, 6.07) is 0.530. The lowest BCUT2D eigenvalue weighted by atomic mass is 9.92. The zero-order chi connectivity index (χ0) is 15.6. The van der Waals surface area contributed by atoms with E-state index in [9.17, 15) is 9.90 Å². The molecule has 3 atom stereocenters. The number of carbonyl (C=O) groups is 1. The van der Waals surface area contributed by atoms with E-state index >= 15 is 0 Å². The van der Waals surface area contributed by atoms with Gasteiger partial charge in [0.15, 0.2) is 0 Å². The minimum atomic E-state index is -0.739. The first-order valence-electron chi connectivity index (χ1n) is 8.28. The summed E-state index contributed by atoms with van der Waals surface area (Å²) in [7, 11) is 4.23. The first-order chi connectivity index (χ1) is 9.90. The molecule has 0 spiro atoms. The third-order valence-corrected chi connectivity index (χ3v) is 5.13. The lowest BCUT2D eigenvalue weighted by Gasteiger charge is -2.35. The Kier molecular flexibility index (Phi) is 5.28. The fraction of sp³-hybridized carbons (Fsp3) is 0.938. The van der Waals surface area contributed by atoms with Gasteiger partial charge in [-0.3, -0.25) is 9.69 Å². The van der Waals surface area contributed by atoms with Crippen LogP contribution in [0.5, 0.6) is 0 Å².